The Morgan fingerprint density at radius 2 is 1.50 bits per heavy atom. The van der Waals surface area contributed by atoms with E-state index in [-0.39, 0.29) is 18.9 Å². The summed E-state index contributed by atoms with van der Waals surface area (Å²) >= 11 is 0. The first-order valence-corrected chi connectivity index (χ1v) is 8.91. The number of methoxy groups -OCH3 is 2. The fourth-order valence-corrected chi connectivity index (χ4v) is 2.70. The van der Waals surface area contributed by atoms with Gasteiger partial charge in [0.15, 0.2) is 18.1 Å². The Balaban J connectivity index is 1.73. The lowest BCUT2D eigenvalue weighted by atomic mass is 10.1. The molecule has 0 unspecified atom stereocenters. The Morgan fingerprint density at radius 1 is 0.857 bits per heavy atom. The van der Waals surface area contributed by atoms with Gasteiger partial charge in [-0.05, 0) is 61.2 Å². The first kappa shape index (κ1) is 21.1. The van der Waals surface area contributed by atoms with Gasteiger partial charge in [-0.3, -0.25) is 20.4 Å². The molecule has 150 valence electrons. The minimum atomic E-state index is -0.432. The highest BCUT2D eigenvalue weighted by atomic mass is 16.5. The summed E-state index contributed by atoms with van der Waals surface area (Å²) in [6.45, 7) is 3.73. The largest absolute Gasteiger partial charge is 0.493 e. The van der Waals surface area contributed by atoms with Crippen molar-refractivity contribution in [2.24, 2.45) is 0 Å². The van der Waals surface area contributed by atoms with Crippen LogP contribution in [0.5, 0.6) is 17.2 Å². The van der Waals surface area contributed by atoms with E-state index in [1.165, 1.54) is 0 Å². The lowest BCUT2D eigenvalue weighted by Crippen LogP contribution is -2.43. The molecule has 0 heterocycles. The zero-order chi connectivity index (χ0) is 20.5. The van der Waals surface area contributed by atoms with E-state index in [0.29, 0.717) is 23.7 Å². The molecular weight excluding hydrogens is 360 g/mol. The van der Waals surface area contributed by atoms with Gasteiger partial charge in [0.2, 0.25) is 5.91 Å². The Bertz CT molecular complexity index is 815. The van der Waals surface area contributed by atoms with Gasteiger partial charge in [-0.15, -0.1) is 0 Å². The smallest absolute Gasteiger partial charge is 0.276 e. The predicted molar refractivity (Wildman–Crippen MR) is 106 cm³/mol. The fourth-order valence-electron chi connectivity index (χ4n) is 2.70. The number of rotatable bonds is 8. The molecule has 2 aromatic carbocycles. The van der Waals surface area contributed by atoms with E-state index in [2.05, 4.69) is 10.9 Å². The molecule has 2 aromatic rings. The van der Waals surface area contributed by atoms with E-state index in [0.717, 1.165) is 16.7 Å². The van der Waals surface area contributed by atoms with E-state index in [9.17, 15) is 9.59 Å². The summed E-state index contributed by atoms with van der Waals surface area (Å²) in [7, 11) is 3.13. The second-order valence-corrected chi connectivity index (χ2v) is 6.40. The van der Waals surface area contributed by atoms with E-state index in [4.69, 9.17) is 14.2 Å². The molecule has 0 fully saturated rings. The first-order valence-electron chi connectivity index (χ1n) is 8.91. The average Bonchev–Trinajstić information content (AvgIpc) is 2.68. The van der Waals surface area contributed by atoms with Crippen LogP contribution < -0.4 is 25.1 Å². The highest BCUT2D eigenvalue weighted by molar-refractivity contribution is 5.82. The predicted octanol–water partition coefficient (Wildman–Crippen LogP) is 2.48. The quantitative estimate of drug-likeness (QED) is 0.681. The molecule has 0 aromatic heterocycles. The molecule has 0 atom stereocenters. The summed E-state index contributed by atoms with van der Waals surface area (Å²) < 4.78 is 15.9. The molecule has 0 bridgehead atoms. The van der Waals surface area contributed by atoms with Gasteiger partial charge in [0.05, 0.1) is 14.2 Å². The molecule has 7 heteroatoms. The van der Waals surface area contributed by atoms with Crippen LogP contribution in [0.3, 0.4) is 0 Å². The maximum absolute atomic E-state index is 11.9. The summed E-state index contributed by atoms with van der Waals surface area (Å²) in [6.07, 6.45) is 0.717. The van der Waals surface area contributed by atoms with Crippen LogP contribution in [0.25, 0.3) is 0 Å². The molecular formula is C21H26N2O5. The number of aryl methyl sites for hydroxylation is 3. The number of ether oxygens (including phenoxy) is 3. The summed E-state index contributed by atoms with van der Waals surface area (Å²) in [5, 5.41) is 0. The summed E-state index contributed by atoms with van der Waals surface area (Å²) in [6, 6.07) is 11.2. The highest BCUT2D eigenvalue weighted by Gasteiger charge is 2.09. The van der Waals surface area contributed by atoms with Crippen molar-refractivity contribution >= 4 is 11.8 Å². The maximum Gasteiger partial charge on any atom is 0.276 e. The number of hydrogen-bond donors (Lipinski definition) is 2. The van der Waals surface area contributed by atoms with Crippen LogP contribution in [-0.4, -0.2) is 32.6 Å². The third-order valence-electron chi connectivity index (χ3n) is 4.00. The lowest BCUT2D eigenvalue weighted by Gasteiger charge is -2.11. The minimum Gasteiger partial charge on any atom is -0.493 e. The number of hydrogen-bond acceptors (Lipinski definition) is 5. The maximum atomic E-state index is 11.9. The van der Waals surface area contributed by atoms with Gasteiger partial charge in [0.25, 0.3) is 5.91 Å². The lowest BCUT2D eigenvalue weighted by molar-refractivity contribution is -0.130. The minimum absolute atomic E-state index is 0.182. The summed E-state index contributed by atoms with van der Waals surface area (Å²) in [4.78, 5) is 23.8. The Kier molecular flexibility index (Phi) is 7.68. The molecule has 0 aliphatic heterocycles. The molecule has 0 saturated carbocycles. The molecule has 28 heavy (non-hydrogen) atoms. The van der Waals surface area contributed by atoms with Gasteiger partial charge in [-0.1, -0.05) is 12.1 Å². The molecule has 2 rings (SSSR count). The number of nitrogens with one attached hydrogen (secondary N) is 2. The molecule has 0 spiro atoms. The molecule has 0 aliphatic rings. The Labute approximate surface area is 165 Å². The topological polar surface area (TPSA) is 85.9 Å². The normalized spacial score (nSPS) is 10.1. The number of carbonyl (C=O) groups is 2. The van der Waals surface area contributed by atoms with Gasteiger partial charge in [0.1, 0.15) is 5.75 Å². The third-order valence-corrected chi connectivity index (χ3v) is 4.00. The van der Waals surface area contributed by atoms with Crippen molar-refractivity contribution in [2.45, 2.75) is 26.7 Å². The van der Waals surface area contributed by atoms with Gasteiger partial charge in [0, 0.05) is 6.42 Å². The number of carbonyl (C=O) groups excluding carboxylic acids is 2. The SMILES string of the molecule is COc1ccc(CCC(=O)NNC(=O)COc2cc(C)cc(C)c2)cc1OC. The molecule has 0 radical (unpaired) electrons. The number of benzene rings is 2. The molecule has 2 amide bonds. The fraction of sp³-hybridized carbons (Fsp3) is 0.333. The van der Waals surface area contributed by atoms with Crippen molar-refractivity contribution in [3.63, 3.8) is 0 Å². The van der Waals surface area contributed by atoms with E-state index in [1.807, 2.05) is 44.2 Å². The van der Waals surface area contributed by atoms with Crippen molar-refractivity contribution in [3.05, 3.63) is 53.1 Å². The van der Waals surface area contributed by atoms with Gasteiger partial charge >= 0.3 is 0 Å². The summed E-state index contributed by atoms with van der Waals surface area (Å²) in [5.41, 5.74) is 7.78. The van der Waals surface area contributed by atoms with Crippen LogP contribution >= 0.6 is 0 Å². The van der Waals surface area contributed by atoms with Gasteiger partial charge in [-0.2, -0.15) is 0 Å². The van der Waals surface area contributed by atoms with Gasteiger partial charge in [-0.25, -0.2) is 0 Å². The molecule has 0 saturated heterocycles. The van der Waals surface area contributed by atoms with Crippen molar-refractivity contribution in [2.75, 3.05) is 20.8 Å². The third kappa shape index (κ3) is 6.50. The van der Waals surface area contributed by atoms with Crippen LogP contribution in [0.4, 0.5) is 0 Å². The van der Waals surface area contributed by atoms with Gasteiger partial charge < -0.3 is 14.2 Å². The second kappa shape index (κ2) is 10.2. The zero-order valence-electron chi connectivity index (χ0n) is 16.6. The Morgan fingerprint density at radius 3 is 2.14 bits per heavy atom. The van der Waals surface area contributed by atoms with E-state index in [1.54, 1.807) is 20.3 Å². The van der Waals surface area contributed by atoms with Crippen LogP contribution in [0.1, 0.15) is 23.1 Å². The monoisotopic (exact) mass is 386 g/mol. The van der Waals surface area contributed by atoms with Crippen LogP contribution in [0, 0.1) is 13.8 Å². The first-order chi connectivity index (χ1) is 13.4. The Hall–Kier alpha value is -3.22. The highest BCUT2D eigenvalue weighted by Crippen LogP contribution is 2.27. The van der Waals surface area contributed by atoms with Crippen LogP contribution in [-0.2, 0) is 16.0 Å². The van der Waals surface area contributed by atoms with E-state index < -0.39 is 5.91 Å². The van der Waals surface area contributed by atoms with Crippen molar-refractivity contribution < 1.29 is 23.8 Å². The number of amides is 2. The standard InChI is InChI=1S/C21H26N2O5/c1-14-9-15(2)11-17(10-14)28-13-21(25)23-22-20(24)8-6-16-5-7-18(26-3)19(12-16)27-4/h5,7,9-12H,6,8,13H2,1-4H3,(H,22,24)(H,23,25). The molecule has 0 aliphatic carbocycles. The van der Waals surface area contributed by atoms with Crippen molar-refractivity contribution in [1.82, 2.24) is 10.9 Å². The van der Waals surface area contributed by atoms with Crippen molar-refractivity contribution in [1.29, 1.82) is 0 Å². The summed E-state index contributed by atoms with van der Waals surface area (Å²) in [5.74, 6) is 1.13. The zero-order valence-corrected chi connectivity index (χ0v) is 16.6. The molecule has 7 nitrogen and oxygen atoms in total. The van der Waals surface area contributed by atoms with E-state index >= 15 is 0 Å². The molecule has 2 N–H and O–H groups in total. The van der Waals surface area contributed by atoms with Crippen molar-refractivity contribution in [3.8, 4) is 17.2 Å². The second-order valence-electron chi connectivity index (χ2n) is 6.40. The van der Waals surface area contributed by atoms with Crippen LogP contribution in [0.15, 0.2) is 36.4 Å². The van der Waals surface area contributed by atoms with Crippen LogP contribution in [0.2, 0.25) is 0 Å². The average molecular weight is 386 g/mol. The number of hydrazine groups is 1.